The third kappa shape index (κ3) is 5.40. The van der Waals surface area contributed by atoms with Crippen molar-refractivity contribution in [1.82, 2.24) is 14.7 Å². The highest BCUT2D eigenvalue weighted by molar-refractivity contribution is 5.79. The minimum Gasteiger partial charge on any atom is -0.467 e. The molecule has 28 heavy (non-hydrogen) atoms. The van der Waals surface area contributed by atoms with E-state index >= 15 is 0 Å². The van der Waals surface area contributed by atoms with E-state index in [4.69, 9.17) is 4.42 Å². The van der Waals surface area contributed by atoms with Gasteiger partial charge in [0.1, 0.15) is 5.76 Å². The number of hydrogen-bond acceptors (Lipinski definition) is 4. The standard InChI is InChI=1S/C23H35N3O2/c1-4-5-12-26(18-22-9-7-16-28-22)23(27)20-8-6-13-25(17-20)21-10-14-24(15-11-21)19(2)3/h7,9,16,19-21H,6,8,10-15,17-18H2,1-3H3/t20-/m0/s1. The van der Waals surface area contributed by atoms with Crippen LogP contribution >= 0.6 is 0 Å². The lowest BCUT2D eigenvalue weighted by Crippen LogP contribution is -2.52. The van der Waals surface area contributed by atoms with Crippen molar-refractivity contribution in [2.24, 2.45) is 5.92 Å². The van der Waals surface area contributed by atoms with Crippen molar-refractivity contribution in [2.45, 2.75) is 65.1 Å². The molecule has 1 amide bonds. The number of piperidine rings is 2. The Morgan fingerprint density at radius 1 is 1.29 bits per heavy atom. The Hall–Kier alpha value is -1.77. The zero-order chi connectivity index (χ0) is 19.9. The van der Waals surface area contributed by atoms with E-state index in [-0.39, 0.29) is 11.8 Å². The number of amides is 1. The molecule has 0 aliphatic carbocycles. The summed E-state index contributed by atoms with van der Waals surface area (Å²) < 4.78 is 5.47. The maximum Gasteiger partial charge on any atom is 0.228 e. The summed E-state index contributed by atoms with van der Waals surface area (Å²) >= 11 is 0. The van der Waals surface area contributed by atoms with Crippen molar-refractivity contribution in [3.05, 3.63) is 24.2 Å². The molecule has 0 spiro atoms. The van der Waals surface area contributed by atoms with Gasteiger partial charge in [-0.3, -0.25) is 9.69 Å². The first-order valence-electron chi connectivity index (χ1n) is 10.8. The SMILES string of the molecule is CC#CCN(Cc1ccco1)C(=O)[C@H]1CCCN(C2CCN(C(C)C)CC2)C1. The minimum atomic E-state index is 0.0745. The lowest BCUT2D eigenvalue weighted by molar-refractivity contribution is -0.138. The predicted molar refractivity (Wildman–Crippen MR) is 112 cm³/mol. The molecule has 3 rings (SSSR count). The number of nitrogens with zero attached hydrogens (tertiary/aromatic N) is 3. The molecule has 0 unspecified atom stereocenters. The molecule has 2 saturated heterocycles. The first kappa shape index (κ1) is 21.0. The molecule has 0 saturated carbocycles. The van der Waals surface area contributed by atoms with Gasteiger partial charge in [0, 0.05) is 18.6 Å². The van der Waals surface area contributed by atoms with Crippen LogP contribution in [0.5, 0.6) is 0 Å². The predicted octanol–water partition coefficient (Wildman–Crippen LogP) is 3.22. The molecule has 2 fully saturated rings. The van der Waals surface area contributed by atoms with Gasteiger partial charge < -0.3 is 14.2 Å². The summed E-state index contributed by atoms with van der Waals surface area (Å²) in [4.78, 5) is 20.3. The van der Waals surface area contributed by atoms with E-state index in [1.54, 1.807) is 6.26 Å². The van der Waals surface area contributed by atoms with Crippen LogP contribution in [0.15, 0.2) is 22.8 Å². The van der Waals surface area contributed by atoms with Crippen LogP contribution in [0.3, 0.4) is 0 Å². The van der Waals surface area contributed by atoms with Crippen LogP contribution in [0.4, 0.5) is 0 Å². The normalized spacial score (nSPS) is 22.1. The maximum absolute atomic E-state index is 13.3. The molecule has 5 nitrogen and oxygen atoms in total. The van der Waals surface area contributed by atoms with E-state index in [0.717, 1.165) is 31.7 Å². The van der Waals surface area contributed by atoms with Crippen LogP contribution in [0.1, 0.15) is 52.2 Å². The topological polar surface area (TPSA) is 39.9 Å². The molecule has 3 heterocycles. The van der Waals surface area contributed by atoms with E-state index in [1.807, 2.05) is 24.0 Å². The summed E-state index contributed by atoms with van der Waals surface area (Å²) in [5, 5.41) is 0. The third-order valence-corrected chi connectivity index (χ3v) is 6.23. The van der Waals surface area contributed by atoms with E-state index in [0.29, 0.717) is 25.2 Å². The molecule has 2 aliphatic rings. The van der Waals surface area contributed by atoms with Crippen molar-refractivity contribution in [2.75, 3.05) is 32.7 Å². The van der Waals surface area contributed by atoms with Gasteiger partial charge in [0.2, 0.25) is 5.91 Å². The second-order valence-corrected chi connectivity index (χ2v) is 8.40. The van der Waals surface area contributed by atoms with E-state index in [2.05, 4.69) is 35.5 Å². The van der Waals surface area contributed by atoms with Gasteiger partial charge in [-0.1, -0.05) is 5.92 Å². The maximum atomic E-state index is 13.3. The Labute approximate surface area is 170 Å². The Balaban J connectivity index is 1.59. The van der Waals surface area contributed by atoms with Crippen molar-refractivity contribution in [3.63, 3.8) is 0 Å². The summed E-state index contributed by atoms with van der Waals surface area (Å²) in [7, 11) is 0. The molecule has 0 aromatic carbocycles. The molecule has 0 radical (unpaired) electrons. The van der Waals surface area contributed by atoms with Gasteiger partial charge in [-0.2, -0.15) is 0 Å². The Bertz CT molecular complexity index is 666. The zero-order valence-corrected chi connectivity index (χ0v) is 17.7. The second kappa shape index (κ2) is 10.1. The summed E-state index contributed by atoms with van der Waals surface area (Å²) in [6, 6.07) is 5.05. The van der Waals surface area contributed by atoms with Crippen LogP contribution in [-0.4, -0.2) is 65.4 Å². The largest absolute Gasteiger partial charge is 0.467 e. The summed E-state index contributed by atoms with van der Waals surface area (Å²) in [6.07, 6.45) is 6.19. The average Bonchev–Trinajstić information content (AvgIpc) is 3.24. The van der Waals surface area contributed by atoms with Gasteiger partial charge in [0.15, 0.2) is 0 Å². The summed E-state index contributed by atoms with van der Waals surface area (Å²) in [6.45, 7) is 11.7. The lowest BCUT2D eigenvalue weighted by atomic mass is 9.92. The van der Waals surface area contributed by atoms with E-state index < -0.39 is 0 Å². The minimum absolute atomic E-state index is 0.0745. The fourth-order valence-electron chi connectivity index (χ4n) is 4.54. The van der Waals surface area contributed by atoms with Crippen LogP contribution in [-0.2, 0) is 11.3 Å². The van der Waals surface area contributed by atoms with Crippen LogP contribution in [0, 0.1) is 17.8 Å². The quantitative estimate of drug-likeness (QED) is 0.705. The fourth-order valence-corrected chi connectivity index (χ4v) is 4.54. The molecule has 1 aromatic heterocycles. The molecular formula is C23H35N3O2. The fraction of sp³-hybridized carbons (Fsp3) is 0.696. The number of hydrogen-bond donors (Lipinski definition) is 0. The van der Waals surface area contributed by atoms with Crippen molar-refractivity contribution < 1.29 is 9.21 Å². The summed E-state index contributed by atoms with van der Waals surface area (Å²) in [5.74, 6) is 7.10. The van der Waals surface area contributed by atoms with Gasteiger partial charge >= 0.3 is 0 Å². The monoisotopic (exact) mass is 385 g/mol. The van der Waals surface area contributed by atoms with Crippen molar-refractivity contribution >= 4 is 5.91 Å². The first-order chi connectivity index (χ1) is 13.6. The Kier molecular flexibility index (Phi) is 7.58. The number of rotatable bonds is 6. The number of carbonyl (C=O) groups is 1. The molecule has 0 bridgehead atoms. The first-order valence-corrected chi connectivity index (χ1v) is 10.8. The third-order valence-electron chi connectivity index (χ3n) is 6.23. The molecule has 2 aliphatic heterocycles. The van der Waals surface area contributed by atoms with Crippen molar-refractivity contribution in [1.29, 1.82) is 0 Å². The second-order valence-electron chi connectivity index (χ2n) is 8.40. The average molecular weight is 386 g/mol. The molecule has 154 valence electrons. The molecule has 1 atom stereocenters. The lowest BCUT2D eigenvalue weighted by Gasteiger charge is -2.43. The van der Waals surface area contributed by atoms with Gasteiger partial charge in [-0.15, -0.1) is 5.92 Å². The summed E-state index contributed by atoms with van der Waals surface area (Å²) in [5.41, 5.74) is 0. The highest BCUT2D eigenvalue weighted by Gasteiger charge is 2.33. The van der Waals surface area contributed by atoms with Crippen molar-refractivity contribution in [3.8, 4) is 11.8 Å². The van der Waals surface area contributed by atoms with Gasteiger partial charge in [0.05, 0.1) is 25.3 Å². The highest BCUT2D eigenvalue weighted by Crippen LogP contribution is 2.26. The number of furan rings is 1. The zero-order valence-electron chi connectivity index (χ0n) is 17.7. The van der Waals surface area contributed by atoms with Crippen LogP contribution < -0.4 is 0 Å². The van der Waals surface area contributed by atoms with E-state index in [1.165, 1.54) is 25.9 Å². The van der Waals surface area contributed by atoms with Gasteiger partial charge in [-0.25, -0.2) is 0 Å². The van der Waals surface area contributed by atoms with Crippen LogP contribution in [0.2, 0.25) is 0 Å². The molecule has 1 aromatic rings. The molecule has 0 N–H and O–H groups in total. The highest BCUT2D eigenvalue weighted by atomic mass is 16.3. The molecule has 5 heteroatoms. The van der Waals surface area contributed by atoms with Crippen LogP contribution in [0.25, 0.3) is 0 Å². The van der Waals surface area contributed by atoms with E-state index in [9.17, 15) is 4.79 Å². The number of likely N-dealkylation sites (tertiary alicyclic amines) is 2. The van der Waals surface area contributed by atoms with Gasteiger partial charge in [-0.05, 0) is 78.2 Å². The number of carbonyl (C=O) groups excluding carboxylic acids is 1. The Morgan fingerprint density at radius 2 is 2.07 bits per heavy atom. The smallest absolute Gasteiger partial charge is 0.228 e. The molecular weight excluding hydrogens is 350 g/mol. The Morgan fingerprint density at radius 3 is 2.71 bits per heavy atom. The van der Waals surface area contributed by atoms with Gasteiger partial charge in [0.25, 0.3) is 0 Å².